The second-order valence-electron chi connectivity index (χ2n) is 13.9. The van der Waals surface area contributed by atoms with Crippen molar-refractivity contribution in [2.45, 2.75) is 71.8 Å². The Bertz CT molecular complexity index is 1880. The zero-order valence-electron chi connectivity index (χ0n) is 29.1. The molecule has 4 aromatic rings. The van der Waals surface area contributed by atoms with Crippen molar-refractivity contribution in [2.75, 3.05) is 26.4 Å². The lowest BCUT2D eigenvalue weighted by atomic mass is 9.96. The average Bonchev–Trinajstić information content (AvgIpc) is 3.49. The third kappa shape index (κ3) is 8.97. The standard InChI is InChI=1S/C38H43F2N5O5/c1-38(2,3)50-33(46)18-24(10-8-9-15-44(4)5)36(48)49-22-27-17-30(39)31(40)19-28(27)23-13-14-32-29(16-23)34(43-37(41)42-32)35(47)45-20-25-11-6-7-12-26(25)21-45/h6-7,11-14,16-17,19,24H,8-10,15,18,20-22H2,1-5H3,(H2,41,42,43)/t24-/m1/s1. The first-order valence-electron chi connectivity index (χ1n) is 16.6. The van der Waals surface area contributed by atoms with E-state index >= 15 is 0 Å². The summed E-state index contributed by atoms with van der Waals surface area (Å²) in [5.41, 5.74) is 8.69. The highest BCUT2D eigenvalue weighted by molar-refractivity contribution is 6.06. The van der Waals surface area contributed by atoms with E-state index in [1.807, 2.05) is 43.3 Å². The lowest BCUT2D eigenvalue weighted by molar-refractivity contribution is -0.162. The van der Waals surface area contributed by atoms with Gasteiger partial charge in [0.1, 0.15) is 17.9 Å². The number of hydrogen-bond acceptors (Lipinski definition) is 9. The molecule has 0 saturated heterocycles. The van der Waals surface area contributed by atoms with Crippen LogP contribution in [0.4, 0.5) is 14.7 Å². The van der Waals surface area contributed by atoms with Gasteiger partial charge in [-0.2, -0.15) is 0 Å². The van der Waals surface area contributed by atoms with Crippen molar-refractivity contribution in [3.63, 3.8) is 0 Å². The van der Waals surface area contributed by atoms with Gasteiger partial charge in [0.2, 0.25) is 5.95 Å². The number of rotatable bonds is 12. The van der Waals surface area contributed by atoms with E-state index in [1.165, 1.54) is 0 Å². The Hall–Kier alpha value is -4.97. The molecule has 5 rings (SSSR count). The molecule has 1 aliphatic heterocycles. The fourth-order valence-corrected chi connectivity index (χ4v) is 6.05. The maximum atomic E-state index is 14.7. The highest BCUT2D eigenvalue weighted by Gasteiger charge is 2.29. The Labute approximate surface area is 290 Å². The normalized spacial score (nSPS) is 13.4. The van der Waals surface area contributed by atoms with Gasteiger partial charge < -0.3 is 25.0 Å². The summed E-state index contributed by atoms with van der Waals surface area (Å²) in [6, 6.07) is 14.7. The summed E-state index contributed by atoms with van der Waals surface area (Å²) in [5.74, 6) is -4.59. The summed E-state index contributed by atoms with van der Waals surface area (Å²) in [4.78, 5) is 52.2. The number of benzene rings is 3. The fraction of sp³-hybridized carbons (Fsp3) is 0.395. The predicted octanol–water partition coefficient (Wildman–Crippen LogP) is 6.44. The van der Waals surface area contributed by atoms with Crippen molar-refractivity contribution < 1.29 is 32.6 Å². The second-order valence-corrected chi connectivity index (χ2v) is 13.9. The van der Waals surface area contributed by atoms with Crippen molar-refractivity contribution in [3.05, 3.63) is 88.6 Å². The summed E-state index contributed by atoms with van der Waals surface area (Å²) in [6.07, 6.45) is 1.70. The highest BCUT2D eigenvalue weighted by Crippen LogP contribution is 2.32. The smallest absolute Gasteiger partial charge is 0.309 e. The van der Waals surface area contributed by atoms with Crippen LogP contribution >= 0.6 is 0 Å². The predicted molar refractivity (Wildman–Crippen MR) is 185 cm³/mol. The van der Waals surface area contributed by atoms with E-state index in [2.05, 4.69) is 9.97 Å². The number of ether oxygens (including phenoxy) is 2. The van der Waals surface area contributed by atoms with Gasteiger partial charge in [0, 0.05) is 24.0 Å². The number of carbonyl (C=O) groups is 3. The molecule has 1 aliphatic rings. The van der Waals surface area contributed by atoms with Crippen LogP contribution in [0.5, 0.6) is 0 Å². The number of esters is 2. The molecule has 0 aliphatic carbocycles. The molecule has 2 heterocycles. The van der Waals surface area contributed by atoms with Gasteiger partial charge in [-0.15, -0.1) is 0 Å². The number of hydrogen-bond donors (Lipinski definition) is 1. The maximum Gasteiger partial charge on any atom is 0.309 e. The number of nitrogens with two attached hydrogens (primary N) is 1. The number of amides is 1. The van der Waals surface area contributed by atoms with Crippen molar-refractivity contribution in [1.29, 1.82) is 0 Å². The summed E-state index contributed by atoms with van der Waals surface area (Å²) in [6.45, 7) is 6.48. The number of aromatic nitrogens is 2. The molecule has 0 bridgehead atoms. The van der Waals surface area contributed by atoms with E-state index in [0.717, 1.165) is 36.2 Å². The molecule has 0 saturated carbocycles. The minimum Gasteiger partial charge on any atom is -0.461 e. The molecular formula is C38H43F2N5O5. The van der Waals surface area contributed by atoms with E-state index in [9.17, 15) is 23.2 Å². The third-order valence-electron chi connectivity index (χ3n) is 8.45. The van der Waals surface area contributed by atoms with E-state index < -0.39 is 35.1 Å². The van der Waals surface area contributed by atoms with Crippen LogP contribution in [0.1, 0.15) is 73.6 Å². The molecule has 0 radical (unpaired) electrons. The van der Waals surface area contributed by atoms with Crippen LogP contribution < -0.4 is 5.73 Å². The molecule has 1 atom stereocenters. The third-order valence-corrected chi connectivity index (χ3v) is 8.45. The first kappa shape index (κ1) is 36.3. The van der Waals surface area contributed by atoms with Crippen LogP contribution in [0.15, 0.2) is 54.6 Å². The largest absolute Gasteiger partial charge is 0.461 e. The second kappa shape index (κ2) is 15.3. The van der Waals surface area contributed by atoms with Crippen LogP contribution in [0.3, 0.4) is 0 Å². The van der Waals surface area contributed by atoms with E-state index in [-0.39, 0.29) is 41.7 Å². The summed E-state index contributed by atoms with van der Waals surface area (Å²) in [7, 11) is 3.91. The number of anilines is 1. The Morgan fingerprint density at radius 1 is 0.960 bits per heavy atom. The van der Waals surface area contributed by atoms with Crippen LogP contribution in [-0.4, -0.2) is 63.9 Å². The zero-order chi connectivity index (χ0) is 36.2. The fourth-order valence-electron chi connectivity index (χ4n) is 6.05. The van der Waals surface area contributed by atoms with Crippen molar-refractivity contribution in [1.82, 2.24) is 19.8 Å². The Morgan fingerprint density at radius 2 is 1.64 bits per heavy atom. The molecule has 2 N–H and O–H groups in total. The molecular weight excluding hydrogens is 644 g/mol. The molecule has 0 fully saturated rings. The molecule has 1 amide bonds. The molecule has 50 heavy (non-hydrogen) atoms. The minimum absolute atomic E-state index is 0.0756. The van der Waals surface area contributed by atoms with Crippen LogP contribution in [0.2, 0.25) is 0 Å². The Kier molecular flexibility index (Phi) is 11.1. The topological polar surface area (TPSA) is 128 Å². The molecule has 12 heteroatoms. The lowest BCUT2D eigenvalue weighted by Gasteiger charge is -2.22. The van der Waals surface area contributed by atoms with Gasteiger partial charge >= 0.3 is 11.9 Å². The zero-order valence-corrected chi connectivity index (χ0v) is 29.1. The number of fused-ring (bicyclic) bond motifs is 2. The number of unbranched alkanes of at least 4 members (excludes halogenated alkanes) is 1. The highest BCUT2D eigenvalue weighted by atomic mass is 19.2. The summed E-state index contributed by atoms with van der Waals surface area (Å²) >= 11 is 0. The van der Waals surface area contributed by atoms with Gasteiger partial charge in [-0.3, -0.25) is 14.4 Å². The van der Waals surface area contributed by atoms with Gasteiger partial charge in [-0.05, 0) is 101 Å². The van der Waals surface area contributed by atoms with E-state index in [0.29, 0.717) is 42.4 Å². The number of nitrogen functional groups attached to an aromatic ring is 1. The van der Waals surface area contributed by atoms with Crippen LogP contribution in [-0.2, 0) is 38.8 Å². The number of halogens is 2. The first-order chi connectivity index (χ1) is 23.7. The van der Waals surface area contributed by atoms with Crippen molar-refractivity contribution >= 4 is 34.7 Å². The molecule has 264 valence electrons. The van der Waals surface area contributed by atoms with Gasteiger partial charge in [-0.1, -0.05) is 36.8 Å². The Balaban J connectivity index is 1.41. The SMILES string of the molecule is CN(C)CCCC[C@H](CC(=O)OC(C)(C)C)C(=O)OCc1cc(F)c(F)cc1-c1ccc2nc(N)nc(C(=O)N3Cc4ccccc4C3)c2c1. The van der Waals surface area contributed by atoms with E-state index in [4.69, 9.17) is 15.2 Å². The average molecular weight is 688 g/mol. The monoisotopic (exact) mass is 687 g/mol. The molecule has 0 unspecified atom stereocenters. The quantitative estimate of drug-likeness (QED) is 0.132. The van der Waals surface area contributed by atoms with Gasteiger partial charge in [0.25, 0.3) is 5.91 Å². The van der Waals surface area contributed by atoms with Gasteiger partial charge in [0.05, 0.1) is 17.9 Å². The molecule has 0 spiro atoms. The van der Waals surface area contributed by atoms with E-state index in [1.54, 1.807) is 43.9 Å². The van der Waals surface area contributed by atoms with Crippen molar-refractivity contribution in [3.8, 4) is 11.1 Å². The Morgan fingerprint density at radius 3 is 2.30 bits per heavy atom. The number of nitrogens with zero attached hydrogens (tertiary/aromatic N) is 4. The molecule has 1 aromatic heterocycles. The lowest BCUT2D eigenvalue weighted by Crippen LogP contribution is -2.28. The first-order valence-corrected chi connectivity index (χ1v) is 16.6. The van der Waals surface area contributed by atoms with Gasteiger partial charge in [0.15, 0.2) is 11.6 Å². The van der Waals surface area contributed by atoms with Crippen LogP contribution in [0, 0.1) is 17.6 Å². The summed E-state index contributed by atoms with van der Waals surface area (Å²) < 4.78 is 40.5. The maximum absolute atomic E-state index is 14.7. The summed E-state index contributed by atoms with van der Waals surface area (Å²) in [5, 5.41) is 0.375. The van der Waals surface area contributed by atoms with Crippen molar-refractivity contribution in [2.24, 2.45) is 5.92 Å². The van der Waals surface area contributed by atoms with Gasteiger partial charge in [-0.25, -0.2) is 18.7 Å². The van der Waals surface area contributed by atoms with Crippen LogP contribution in [0.25, 0.3) is 22.0 Å². The number of carbonyl (C=O) groups excluding carboxylic acids is 3. The molecule has 10 nitrogen and oxygen atoms in total. The molecule has 3 aromatic carbocycles. The minimum atomic E-state index is -1.12.